The highest BCUT2D eigenvalue weighted by atomic mass is 32.2. The van der Waals surface area contributed by atoms with Crippen LogP contribution in [0.1, 0.15) is 20.8 Å². The summed E-state index contributed by atoms with van der Waals surface area (Å²) in [6, 6.07) is 3.08. The lowest BCUT2D eigenvalue weighted by atomic mass is 10.1. The number of nitrogens with one attached hydrogen (secondary N) is 1. The molecule has 2 N–H and O–H groups in total. The van der Waals surface area contributed by atoms with Crippen molar-refractivity contribution in [3.8, 4) is 11.4 Å². The highest BCUT2D eigenvalue weighted by Gasteiger charge is 2.24. The molecular weight excluding hydrogens is 292 g/mol. The van der Waals surface area contributed by atoms with E-state index in [1.54, 1.807) is 12.3 Å². The SMILES string of the molecule is CC(C)(C)n1c(SCC(=O)O)nnc1-c1ccc(=O)[nH]c1. The number of hydrogen-bond donors (Lipinski definition) is 2. The molecule has 0 radical (unpaired) electrons. The molecule has 0 aromatic carbocycles. The Kier molecular flexibility index (Phi) is 4.17. The number of aliphatic carboxylic acids is 1. The van der Waals surface area contributed by atoms with Gasteiger partial charge in [-0.3, -0.25) is 14.2 Å². The van der Waals surface area contributed by atoms with Gasteiger partial charge in [0.25, 0.3) is 0 Å². The number of aromatic amines is 1. The van der Waals surface area contributed by atoms with Crippen LogP contribution in [0.5, 0.6) is 0 Å². The Labute approximate surface area is 125 Å². The van der Waals surface area contributed by atoms with Gasteiger partial charge in [-0.2, -0.15) is 0 Å². The third-order valence-electron chi connectivity index (χ3n) is 2.67. The van der Waals surface area contributed by atoms with Crippen molar-refractivity contribution < 1.29 is 9.90 Å². The summed E-state index contributed by atoms with van der Waals surface area (Å²) < 4.78 is 1.87. The quantitative estimate of drug-likeness (QED) is 0.831. The molecule has 0 unspecified atom stereocenters. The van der Waals surface area contributed by atoms with E-state index in [9.17, 15) is 9.59 Å². The van der Waals surface area contributed by atoms with Crippen molar-refractivity contribution in [3.63, 3.8) is 0 Å². The number of pyridine rings is 1. The average Bonchev–Trinajstić information content (AvgIpc) is 2.81. The van der Waals surface area contributed by atoms with Crippen LogP contribution in [0.4, 0.5) is 0 Å². The maximum Gasteiger partial charge on any atom is 0.313 e. The number of hydrogen-bond acceptors (Lipinski definition) is 5. The van der Waals surface area contributed by atoms with E-state index >= 15 is 0 Å². The second-order valence-electron chi connectivity index (χ2n) is 5.44. The predicted octanol–water partition coefficient (Wildman–Crippen LogP) is 1.57. The second kappa shape index (κ2) is 5.72. The van der Waals surface area contributed by atoms with E-state index < -0.39 is 5.97 Å². The molecule has 8 heteroatoms. The smallest absolute Gasteiger partial charge is 0.313 e. The fourth-order valence-electron chi connectivity index (χ4n) is 1.83. The van der Waals surface area contributed by atoms with Crippen molar-refractivity contribution in [2.75, 3.05) is 5.75 Å². The summed E-state index contributed by atoms with van der Waals surface area (Å²) in [6.07, 6.45) is 1.57. The van der Waals surface area contributed by atoms with Crippen molar-refractivity contribution in [1.82, 2.24) is 19.7 Å². The molecule has 0 aliphatic carbocycles. The maximum absolute atomic E-state index is 11.1. The first kappa shape index (κ1) is 15.3. The van der Waals surface area contributed by atoms with Gasteiger partial charge in [-0.05, 0) is 26.8 Å². The first-order valence-corrected chi connectivity index (χ1v) is 7.27. The number of H-pyrrole nitrogens is 1. The Morgan fingerprint density at radius 2 is 2.10 bits per heavy atom. The molecule has 7 nitrogen and oxygen atoms in total. The van der Waals surface area contributed by atoms with Crippen molar-refractivity contribution >= 4 is 17.7 Å². The summed E-state index contributed by atoms with van der Waals surface area (Å²) >= 11 is 1.12. The zero-order chi connectivity index (χ0) is 15.6. The lowest BCUT2D eigenvalue weighted by Gasteiger charge is -2.24. The maximum atomic E-state index is 11.1. The lowest BCUT2D eigenvalue weighted by molar-refractivity contribution is -0.133. The minimum Gasteiger partial charge on any atom is -0.481 e. The molecule has 0 amide bonds. The predicted molar refractivity (Wildman–Crippen MR) is 79.4 cm³/mol. The van der Waals surface area contributed by atoms with E-state index in [1.165, 1.54) is 6.07 Å². The van der Waals surface area contributed by atoms with Crippen molar-refractivity contribution in [3.05, 3.63) is 28.7 Å². The van der Waals surface area contributed by atoms with Gasteiger partial charge >= 0.3 is 5.97 Å². The fraction of sp³-hybridized carbons (Fsp3) is 0.385. The van der Waals surface area contributed by atoms with E-state index in [1.807, 2.05) is 25.3 Å². The molecule has 0 atom stereocenters. The second-order valence-corrected chi connectivity index (χ2v) is 6.38. The molecule has 2 aromatic rings. The first-order valence-electron chi connectivity index (χ1n) is 6.28. The van der Waals surface area contributed by atoms with Crippen molar-refractivity contribution in [1.29, 1.82) is 0 Å². The molecule has 0 aliphatic rings. The van der Waals surface area contributed by atoms with Gasteiger partial charge < -0.3 is 10.1 Å². The van der Waals surface area contributed by atoms with Gasteiger partial charge in [0.15, 0.2) is 11.0 Å². The number of thioether (sulfide) groups is 1. The Bertz CT molecular complexity index is 694. The van der Waals surface area contributed by atoms with Crippen molar-refractivity contribution in [2.24, 2.45) is 0 Å². The van der Waals surface area contributed by atoms with E-state index in [-0.39, 0.29) is 16.9 Å². The molecule has 21 heavy (non-hydrogen) atoms. The third-order valence-corrected chi connectivity index (χ3v) is 3.59. The fourth-order valence-corrected chi connectivity index (χ4v) is 2.67. The summed E-state index contributed by atoms with van der Waals surface area (Å²) in [6.45, 7) is 5.95. The summed E-state index contributed by atoms with van der Waals surface area (Å²) in [5.41, 5.74) is 0.204. The van der Waals surface area contributed by atoms with E-state index in [4.69, 9.17) is 5.11 Å². The molecule has 2 aromatic heterocycles. The van der Waals surface area contributed by atoms with Gasteiger partial charge in [-0.25, -0.2) is 0 Å². The molecule has 0 aliphatic heterocycles. The number of nitrogens with zero attached hydrogens (tertiary/aromatic N) is 3. The van der Waals surface area contributed by atoms with Gasteiger partial charge in [0.1, 0.15) is 0 Å². The van der Waals surface area contributed by atoms with Crippen LogP contribution in [0, 0.1) is 0 Å². The highest BCUT2D eigenvalue weighted by Crippen LogP contribution is 2.29. The zero-order valence-corrected chi connectivity index (χ0v) is 12.8. The first-order chi connectivity index (χ1) is 9.79. The lowest BCUT2D eigenvalue weighted by Crippen LogP contribution is -2.24. The van der Waals surface area contributed by atoms with E-state index in [0.29, 0.717) is 11.0 Å². The molecule has 0 fully saturated rings. The molecule has 0 saturated heterocycles. The molecule has 112 valence electrons. The van der Waals surface area contributed by atoms with Gasteiger partial charge in [0.2, 0.25) is 5.56 Å². The van der Waals surface area contributed by atoms with Crippen LogP contribution in [0.2, 0.25) is 0 Å². The normalized spacial score (nSPS) is 11.6. The molecule has 0 bridgehead atoms. The topological polar surface area (TPSA) is 101 Å². The molecule has 2 heterocycles. The monoisotopic (exact) mass is 308 g/mol. The van der Waals surface area contributed by atoms with Gasteiger partial charge in [0, 0.05) is 23.4 Å². The van der Waals surface area contributed by atoms with E-state index in [0.717, 1.165) is 17.3 Å². The van der Waals surface area contributed by atoms with Gasteiger partial charge in [-0.1, -0.05) is 11.8 Å². The number of aromatic nitrogens is 4. The Balaban J connectivity index is 2.49. The van der Waals surface area contributed by atoms with Crippen LogP contribution in [0.3, 0.4) is 0 Å². The van der Waals surface area contributed by atoms with Gasteiger partial charge in [-0.15, -0.1) is 10.2 Å². The average molecular weight is 308 g/mol. The summed E-state index contributed by atoms with van der Waals surface area (Å²) in [5.74, 6) is -0.402. The van der Waals surface area contributed by atoms with Crippen LogP contribution in [0.25, 0.3) is 11.4 Å². The summed E-state index contributed by atoms with van der Waals surface area (Å²) in [7, 11) is 0. The van der Waals surface area contributed by atoms with Crippen molar-refractivity contribution in [2.45, 2.75) is 31.5 Å². The number of carboxylic acids is 1. The standard InChI is InChI=1S/C13H16N4O3S/c1-13(2,3)17-11(8-4-5-9(18)14-6-8)15-16-12(17)21-7-10(19)20/h4-6H,7H2,1-3H3,(H,14,18)(H,19,20). The van der Waals surface area contributed by atoms with Crippen LogP contribution in [-0.4, -0.2) is 36.6 Å². The zero-order valence-electron chi connectivity index (χ0n) is 12.0. The van der Waals surface area contributed by atoms with Crippen LogP contribution >= 0.6 is 11.8 Å². The molecule has 0 spiro atoms. The Hall–Kier alpha value is -2.09. The molecule has 0 saturated carbocycles. The number of rotatable bonds is 4. The largest absolute Gasteiger partial charge is 0.481 e. The number of carboxylic acid groups (broad SMARTS) is 1. The van der Waals surface area contributed by atoms with Gasteiger partial charge in [0.05, 0.1) is 5.75 Å². The van der Waals surface area contributed by atoms with Crippen LogP contribution < -0.4 is 5.56 Å². The number of carbonyl (C=O) groups is 1. The molecular formula is C13H16N4O3S. The summed E-state index contributed by atoms with van der Waals surface area (Å²) in [4.78, 5) is 24.5. The van der Waals surface area contributed by atoms with Crippen LogP contribution in [0.15, 0.2) is 28.3 Å². The molecule has 2 rings (SSSR count). The Morgan fingerprint density at radius 1 is 1.38 bits per heavy atom. The Morgan fingerprint density at radius 3 is 2.62 bits per heavy atom. The third kappa shape index (κ3) is 3.52. The minimum absolute atomic E-state index is 0.0835. The summed E-state index contributed by atoms with van der Waals surface area (Å²) in [5, 5.41) is 17.5. The highest BCUT2D eigenvalue weighted by molar-refractivity contribution is 7.99. The van der Waals surface area contributed by atoms with Crippen LogP contribution in [-0.2, 0) is 10.3 Å². The van der Waals surface area contributed by atoms with E-state index in [2.05, 4.69) is 15.2 Å². The minimum atomic E-state index is -0.908.